The van der Waals surface area contributed by atoms with Crippen LogP contribution in [0.25, 0.3) is 0 Å². The van der Waals surface area contributed by atoms with E-state index in [2.05, 4.69) is 15.3 Å². The van der Waals surface area contributed by atoms with Gasteiger partial charge in [0.15, 0.2) is 0 Å². The van der Waals surface area contributed by atoms with Crippen molar-refractivity contribution in [2.75, 3.05) is 5.32 Å². The van der Waals surface area contributed by atoms with Crippen molar-refractivity contribution >= 4 is 23.1 Å². The molecule has 0 aliphatic carbocycles. The van der Waals surface area contributed by atoms with Crippen molar-refractivity contribution in [3.05, 3.63) is 46.6 Å². The van der Waals surface area contributed by atoms with Gasteiger partial charge in [0.05, 0.1) is 5.69 Å². The molecule has 0 aliphatic rings. The molecular weight excluding hydrogens is 241 g/mol. The van der Waals surface area contributed by atoms with Crippen LogP contribution < -0.4 is 5.32 Å². The Kier molecular flexibility index (Phi) is 3.24. The molecule has 0 saturated carbocycles. The summed E-state index contributed by atoms with van der Waals surface area (Å²) >= 11 is 5.81. The summed E-state index contributed by atoms with van der Waals surface area (Å²) in [5, 5.41) is 3.24. The highest BCUT2D eigenvalue weighted by molar-refractivity contribution is 6.29. The van der Waals surface area contributed by atoms with Crippen molar-refractivity contribution in [2.24, 2.45) is 0 Å². The number of aromatic nitrogens is 2. The first-order chi connectivity index (χ1) is 8.06. The fourth-order valence-electron chi connectivity index (χ4n) is 1.51. The van der Waals surface area contributed by atoms with Crippen LogP contribution in [0, 0.1) is 19.7 Å². The molecule has 1 aromatic heterocycles. The molecule has 0 radical (unpaired) electrons. The van der Waals surface area contributed by atoms with E-state index in [1.165, 1.54) is 6.07 Å². The number of hydrogen-bond donors (Lipinski definition) is 1. The number of rotatable bonds is 2. The molecule has 1 aromatic carbocycles. The number of anilines is 2. The van der Waals surface area contributed by atoms with Gasteiger partial charge in [0.25, 0.3) is 0 Å². The summed E-state index contributed by atoms with van der Waals surface area (Å²) < 4.78 is 13.6. The smallest absolute Gasteiger partial charge is 0.146 e. The molecule has 3 nitrogen and oxygen atoms in total. The van der Waals surface area contributed by atoms with Crippen molar-refractivity contribution in [1.82, 2.24) is 9.97 Å². The highest BCUT2D eigenvalue weighted by Crippen LogP contribution is 2.23. The normalized spacial score (nSPS) is 10.4. The van der Waals surface area contributed by atoms with Gasteiger partial charge in [-0.25, -0.2) is 14.4 Å². The van der Waals surface area contributed by atoms with Crippen LogP contribution in [0.2, 0.25) is 5.15 Å². The average Bonchev–Trinajstić information content (AvgIpc) is 2.22. The summed E-state index contributed by atoms with van der Waals surface area (Å²) in [5.41, 5.74) is 1.21. The lowest BCUT2D eigenvalue weighted by molar-refractivity contribution is 0.630. The van der Waals surface area contributed by atoms with Crippen LogP contribution >= 0.6 is 11.6 Å². The average molecular weight is 252 g/mol. The topological polar surface area (TPSA) is 37.8 Å². The lowest BCUT2D eigenvalue weighted by Crippen LogP contribution is -2.00. The zero-order valence-electron chi connectivity index (χ0n) is 9.46. The Labute approximate surface area is 104 Å². The van der Waals surface area contributed by atoms with E-state index >= 15 is 0 Å². The molecular formula is C12H11ClFN3. The van der Waals surface area contributed by atoms with Gasteiger partial charge < -0.3 is 5.32 Å². The molecule has 2 aromatic rings. The molecule has 2 rings (SSSR count). The summed E-state index contributed by atoms with van der Waals surface area (Å²) in [5.74, 6) is 0.696. The van der Waals surface area contributed by atoms with Gasteiger partial charge in [-0.05, 0) is 25.5 Å². The molecule has 0 atom stereocenters. The molecule has 0 unspecified atom stereocenters. The fourth-order valence-corrected chi connectivity index (χ4v) is 1.74. The van der Waals surface area contributed by atoms with Gasteiger partial charge in [0.1, 0.15) is 22.6 Å². The molecule has 0 bridgehead atoms. The number of nitrogens with zero attached hydrogens (tertiary/aromatic N) is 2. The molecule has 88 valence electrons. The lowest BCUT2D eigenvalue weighted by atomic mass is 10.2. The van der Waals surface area contributed by atoms with Gasteiger partial charge >= 0.3 is 0 Å². The Balaban J connectivity index is 2.38. The van der Waals surface area contributed by atoms with E-state index in [1.54, 1.807) is 19.1 Å². The van der Waals surface area contributed by atoms with E-state index < -0.39 is 0 Å². The third-order valence-corrected chi connectivity index (χ3v) is 2.48. The summed E-state index contributed by atoms with van der Waals surface area (Å²) in [4.78, 5) is 8.08. The third kappa shape index (κ3) is 2.71. The Bertz CT molecular complexity index is 517. The van der Waals surface area contributed by atoms with E-state index in [0.717, 1.165) is 5.56 Å². The van der Waals surface area contributed by atoms with Crippen molar-refractivity contribution in [1.29, 1.82) is 0 Å². The van der Waals surface area contributed by atoms with Crippen LogP contribution in [-0.4, -0.2) is 9.97 Å². The number of hydrogen-bond acceptors (Lipinski definition) is 3. The SMILES string of the molecule is Cc1nc(Cl)cc(Nc2c(C)cccc2F)n1. The Morgan fingerprint density at radius 3 is 2.65 bits per heavy atom. The minimum atomic E-state index is -0.322. The number of nitrogens with one attached hydrogen (secondary N) is 1. The third-order valence-electron chi connectivity index (χ3n) is 2.28. The van der Waals surface area contributed by atoms with Crippen LogP contribution in [0.3, 0.4) is 0 Å². The van der Waals surface area contributed by atoms with Gasteiger partial charge in [0.2, 0.25) is 0 Å². The molecule has 1 N–H and O–H groups in total. The number of para-hydroxylation sites is 1. The molecule has 1 heterocycles. The van der Waals surface area contributed by atoms with Gasteiger partial charge in [0, 0.05) is 6.07 Å². The zero-order valence-corrected chi connectivity index (χ0v) is 10.2. The zero-order chi connectivity index (χ0) is 12.4. The molecule has 0 amide bonds. The first kappa shape index (κ1) is 11.8. The molecule has 0 saturated heterocycles. The standard InChI is InChI=1S/C12H11ClFN3/c1-7-4-3-5-9(14)12(7)17-11-6-10(13)15-8(2)16-11/h3-6H,1-2H3,(H,15,16,17). The van der Waals surface area contributed by atoms with Gasteiger partial charge in [-0.1, -0.05) is 23.7 Å². The predicted molar refractivity (Wildman–Crippen MR) is 66.2 cm³/mol. The molecule has 0 fully saturated rings. The van der Waals surface area contributed by atoms with E-state index in [1.807, 2.05) is 13.0 Å². The minimum Gasteiger partial charge on any atom is -0.337 e. The number of benzene rings is 1. The second-order valence-corrected chi connectivity index (χ2v) is 4.07. The molecule has 5 heteroatoms. The minimum absolute atomic E-state index is 0.322. The summed E-state index contributed by atoms with van der Waals surface area (Å²) in [6.45, 7) is 3.55. The second kappa shape index (κ2) is 4.67. The van der Waals surface area contributed by atoms with E-state index in [4.69, 9.17) is 11.6 Å². The maximum absolute atomic E-state index is 13.6. The Hall–Kier alpha value is -1.68. The van der Waals surface area contributed by atoms with Crippen molar-refractivity contribution in [3.8, 4) is 0 Å². The fraction of sp³-hybridized carbons (Fsp3) is 0.167. The van der Waals surface area contributed by atoms with Crippen LogP contribution in [0.1, 0.15) is 11.4 Å². The monoisotopic (exact) mass is 251 g/mol. The molecule has 0 aliphatic heterocycles. The van der Waals surface area contributed by atoms with Crippen molar-refractivity contribution < 1.29 is 4.39 Å². The van der Waals surface area contributed by atoms with E-state index in [0.29, 0.717) is 22.5 Å². The first-order valence-electron chi connectivity index (χ1n) is 5.09. The highest BCUT2D eigenvalue weighted by atomic mass is 35.5. The largest absolute Gasteiger partial charge is 0.337 e. The van der Waals surface area contributed by atoms with E-state index in [-0.39, 0.29) is 5.82 Å². The first-order valence-corrected chi connectivity index (χ1v) is 5.47. The maximum Gasteiger partial charge on any atom is 0.146 e. The van der Waals surface area contributed by atoms with Crippen molar-refractivity contribution in [2.45, 2.75) is 13.8 Å². The highest BCUT2D eigenvalue weighted by Gasteiger charge is 2.07. The van der Waals surface area contributed by atoms with Crippen LogP contribution in [0.15, 0.2) is 24.3 Å². The quantitative estimate of drug-likeness (QED) is 0.829. The summed E-state index contributed by atoms with van der Waals surface area (Å²) in [6, 6.07) is 6.43. The Morgan fingerprint density at radius 1 is 1.24 bits per heavy atom. The molecule has 0 spiro atoms. The molecule has 17 heavy (non-hydrogen) atoms. The van der Waals surface area contributed by atoms with Crippen LogP contribution in [-0.2, 0) is 0 Å². The summed E-state index contributed by atoms with van der Waals surface area (Å²) in [7, 11) is 0. The van der Waals surface area contributed by atoms with Crippen molar-refractivity contribution in [3.63, 3.8) is 0 Å². The van der Waals surface area contributed by atoms with Crippen LogP contribution in [0.4, 0.5) is 15.9 Å². The lowest BCUT2D eigenvalue weighted by Gasteiger charge is -2.10. The summed E-state index contributed by atoms with van der Waals surface area (Å²) in [6.07, 6.45) is 0. The second-order valence-electron chi connectivity index (χ2n) is 3.68. The van der Waals surface area contributed by atoms with Gasteiger partial charge in [-0.2, -0.15) is 0 Å². The number of aryl methyl sites for hydroxylation is 2. The van der Waals surface area contributed by atoms with E-state index in [9.17, 15) is 4.39 Å². The van der Waals surface area contributed by atoms with Gasteiger partial charge in [-0.15, -0.1) is 0 Å². The number of halogens is 2. The predicted octanol–water partition coefficient (Wildman–Crippen LogP) is 3.63. The Morgan fingerprint density at radius 2 is 2.00 bits per heavy atom. The maximum atomic E-state index is 13.6. The van der Waals surface area contributed by atoms with Crippen LogP contribution in [0.5, 0.6) is 0 Å². The van der Waals surface area contributed by atoms with Gasteiger partial charge in [-0.3, -0.25) is 0 Å².